The minimum atomic E-state index is 0.146. The normalized spacial score (nSPS) is 11.7. The number of nitrogens with zero attached hydrogens (tertiary/aromatic N) is 3. The summed E-state index contributed by atoms with van der Waals surface area (Å²) < 4.78 is 21.0. The van der Waals surface area contributed by atoms with Gasteiger partial charge in [-0.05, 0) is 17.7 Å². The van der Waals surface area contributed by atoms with Gasteiger partial charge in [-0.25, -0.2) is 4.98 Å². The number of ether oxygens (including phenoxy) is 4. The number of aromatic nitrogens is 1. The van der Waals surface area contributed by atoms with Gasteiger partial charge >= 0.3 is 0 Å². The summed E-state index contributed by atoms with van der Waals surface area (Å²) in [6.45, 7) is 1.60. The Labute approximate surface area is 173 Å². The molecule has 2 heterocycles. The molecule has 0 amide bonds. The minimum absolute atomic E-state index is 0.146. The van der Waals surface area contributed by atoms with Gasteiger partial charge in [0.2, 0.25) is 6.79 Å². The van der Waals surface area contributed by atoms with E-state index in [1.807, 2.05) is 6.07 Å². The lowest BCUT2D eigenvalue weighted by molar-refractivity contribution is 0.174. The van der Waals surface area contributed by atoms with E-state index in [0.717, 1.165) is 0 Å². The van der Waals surface area contributed by atoms with Gasteiger partial charge < -0.3 is 24.3 Å². The van der Waals surface area contributed by atoms with Gasteiger partial charge in [-0.1, -0.05) is 6.07 Å². The number of hydrogen-bond donors (Lipinski definition) is 1. The van der Waals surface area contributed by atoms with Crippen molar-refractivity contribution < 1.29 is 18.9 Å². The third kappa shape index (κ3) is 4.54. The van der Waals surface area contributed by atoms with Crippen LogP contribution in [0.3, 0.4) is 0 Å². The Balaban J connectivity index is 2.14. The quantitative estimate of drug-likeness (QED) is 0.491. The van der Waals surface area contributed by atoms with Crippen molar-refractivity contribution in [2.75, 3.05) is 51.8 Å². The first kappa shape index (κ1) is 20.7. The van der Waals surface area contributed by atoms with Gasteiger partial charge in [-0.2, -0.15) is 10.5 Å². The molecular formula is C20H20N4O4S. The Morgan fingerprint density at radius 1 is 1.10 bits per heavy atom. The Morgan fingerprint density at radius 2 is 1.86 bits per heavy atom. The molecule has 3 rings (SSSR count). The fourth-order valence-corrected chi connectivity index (χ4v) is 3.73. The van der Waals surface area contributed by atoms with Gasteiger partial charge in [0, 0.05) is 32.1 Å². The molecule has 0 bridgehead atoms. The average molecular weight is 412 g/mol. The van der Waals surface area contributed by atoms with Crippen molar-refractivity contribution in [1.82, 2.24) is 4.98 Å². The van der Waals surface area contributed by atoms with Crippen LogP contribution < -0.4 is 14.8 Å². The topological polar surface area (TPSA) is 109 Å². The maximum Gasteiger partial charge on any atom is 0.231 e. The lowest BCUT2D eigenvalue weighted by Crippen LogP contribution is -2.12. The molecule has 1 N–H and O–H groups in total. The fourth-order valence-electron chi connectivity index (χ4n) is 2.84. The van der Waals surface area contributed by atoms with Crippen LogP contribution in [0.1, 0.15) is 11.1 Å². The Morgan fingerprint density at radius 3 is 2.59 bits per heavy atom. The first-order valence-corrected chi connectivity index (χ1v) is 9.84. The number of methoxy groups -OCH3 is 2. The van der Waals surface area contributed by atoms with Crippen LogP contribution in [0, 0.1) is 22.7 Å². The number of rotatable bonds is 9. The van der Waals surface area contributed by atoms with Gasteiger partial charge in [0.05, 0.1) is 18.8 Å². The molecule has 150 valence electrons. The lowest BCUT2D eigenvalue weighted by atomic mass is 9.96. The molecule has 0 atom stereocenters. The van der Waals surface area contributed by atoms with Crippen LogP contribution in [-0.2, 0) is 9.47 Å². The molecule has 0 spiro atoms. The summed E-state index contributed by atoms with van der Waals surface area (Å²) in [6, 6.07) is 9.80. The van der Waals surface area contributed by atoms with Crippen molar-refractivity contribution >= 4 is 17.6 Å². The maximum absolute atomic E-state index is 9.90. The Hall–Kier alpha value is -2.98. The molecule has 0 fully saturated rings. The maximum atomic E-state index is 9.90. The van der Waals surface area contributed by atoms with E-state index in [-0.39, 0.29) is 6.79 Å². The molecule has 1 aliphatic rings. The Kier molecular flexibility index (Phi) is 7.14. The summed E-state index contributed by atoms with van der Waals surface area (Å²) >= 11 is 1.41. The molecule has 1 aromatic heterocycles. The monoisotopic (exact) mass is 412 g/mol. The number of benzene rings is 1. The predicted octanol–water partition coefficient (Wildman–Crippen LogP) is 3.02. The van der Waals surface area contributed by atoms with E-state index in [0.29, 0.717) is 70.1 Å². The molecule has 0 saturated heterocycles. The van der Waals surface area contributed by atoms with Crippen LogP contribution in [0.4, 0.5) is 5.82 Å². The van der Waals surface area contributed by atoms with Crippen molar-refractivity contribution in [2.24, 2.45) is 0 Å². The molecule has 2 aromatic rings. The lowest BCUT2D eigenvalue weighted by Gasteiger charge is -2.16. The molecule has 0 saturated carbocycles. The number of hydrogen-bond acceptors (Lipinski definition) is 9. The van der Waals surface area contributed by atoms with Crippen LogP contribution in [-0.4, -0.2) is 51.5 Å². The number of fused-ring (bicyclic) bond motifs is 1. The first-order chi connectivity index (χ1) is 14.2. The highest BCUT2D eigenvalue weighted by Crippen LogP contribution is 2.41. The number of nitriles is 2. The number of pyridine rings is 1. The SMILES string of the molecule is COCCNc1nc(SCCOC)c(C#N)c(-c2ccc3c(c2)OCO3)c1C#N. The predicted molar refractivity (Wildman–Crippen MR) is 108 cm³/mol. The second-order valence-corrected chi connectivity index (χ2v) is 7.03. The second kappa shape index (κ2) is 9.99. The summed E-state index contributed by atoms with van der Waals surface area (Å²) in [5.74, 6) is 2.25. The fraction of sp³-hybridized carbons (Fsp3) is 0.350. The molecule has 1 aliphatic heterocycles. The van der Waals surface area contributed by atoms with Gasteiger partial charge in [0.1, 0.15) is 28.5 Å². The standard InChI is InChI=1S/C20H20N4O4S/c1-25-6-5-23-19-14(10-21)18(13-3-4-16-17(9-13)28-12-27-16)15(11-22)20(24-19)29-8-7-26-2/h3-4,9H,5-8,12H2,1-2H3,(H,23,24). The summed E-state index contributed by atoms with van der Waals surface area (Å²) in [6.07, 6.45) is 0. The zero-order valence-electron chi connectivity index (χ0n) is 16.2. The van der Waals surface area contributed by atoms with Crippen molar-refractivity contribution in [3.05, 3.63) is 29.3 Å². The van der Waals surface area contributed by atoms with E-state index in [4.69, 9.17) is 18.9 Å². The molecule has 1 aromatic carbocycles. The van der Waals surface area contributed by atoms with Gasteiger partial charge in [-0.3, -0.25) is 0 Å². The van der Waals surface area contributed by atoms with E-state index in [1.165, 1.54) is 11.8 Å². The zero-order chi connectivity index (χ0) is 20.6. The number of anilines is 1. The Bertz CT molecular complexity index is 922. The highest BCUT2D eigenvalue weighted by Gasteiger charge is 2.23. The van der Waals surface area contributed by atoms with E-state index in [9.17, 15) is 10.5 Å². The molecule has 29 heavy (non-hydrogen) atoms. The van der Waals surface area contributed by atoms with Crippen LogP contribution in [0.2, 0.25) is 0 Å². The van der Waals surface area contributed by atoms with Gasteiger partial charge in [-0.15, -0.1) is 11.8 Å². The highest BCUT2D eigenvalue weighted by atomic mass is 32.2. The van der Waals surface area contributed by atoms with E-state index in [2.05, 4.69) is 22.4 Å². The number of thioether (sulfide) groups is 1. The molecule has 0 aliphatic carbocycles. The zero-order valence-corrected chi connectivity index (χ0v) is 17.0. The second-order valence-electron chi connectivity index (χ2n) is 5.94. The molecule has 8 nitrogen and oxygen atoms in total. The smallest absolute Gasteiger partial charge is 0.231 e. The molecule has 0 radical (unpaired) electrons. The molecule has 0 unspecified atom stereocenters. The van der Waals surface area contributed by atoms with Crippen molar-refractivity contribution in [2.45, 2.75) is 5.03 Å². The minimum Gasteiger partial charge on any atom is -0.454 e. The van der Waals surface area contributed by atoms with E-state index >= 15 is 0 Å². The van der Waals surface area contributed by atoms with Gasteiger partial charge in [0.15, 0.2) is 11.5 Å². The average Bonchev–Trinajstić information content (AvgIpc) is 3.21. The van der Waals surface area contributed by atoms with E-state index in [1.54, 1.807) is 26.4 Å². The summed E-state index contributed by atoms with van der Waals surface area (Å²) in [7, 11) is 3.22. The van der Waals surface area contributed by atoms with Crippen molar-refractivity contribution in [3.8, 4) is 34.8 Å². The first-order valence-electron chi connectivity index (χ1n) is 8.86. The largest absolute Gasteiger partial charge is 0.454 e. The molecule has 9 heteroatoms. The number of nitrogens with one attached hydrogen (secondary N) is 1. The van der Waals surface area contributed by atoms with E-state index < -0.39 is 0 Å². The third-order valence-electron chi connectivity index (χ3n) is 4.17. The van der Waals surface area contributed by atoms with Crippen LogP contribution >= 0.6 is 11.8 Å². The van der Waals surface area contributed by atoms with Crippen LogP contribution in [0.15, 0.2) is 23.2 Å². The van der Waals surface area contributed by atoms with Crippen LogP contribution in [0.5, 0.6) is 11.5 Å². The van der Waals surface area contributed by atoms with Crippen molar-refractivity contribution in [1.29, 1.82) is 10.5 Å². The van der Waals surface area contributed by atoms with Gasteiger partial charge in [0.25, 0.3) is 0 Å². The summed E-state index contributed by atoms with van der Waals surface area (Å²) in [5, 5.41) is 23.5. The van der Waals surface area contributed by atoms with Crippen molar-refractivity contribution in [3.63, 3.8) is 0 Å². The third-order valence-corrected chi connectivity index (χ3v) is 5.11. The highest BCUT2D eigenvalue weighted by molar-refractivity contribution is 7.99. The summed E-state index contributed by atoms with van der Waals surface area (Å²) in [5.41, 5.74) is 1.85. The van der Waals surface area contributed by atoms with Crippen LogP contribution in [0.25, 0.3) is 11.1 Å². The summed E-state index contributed by atoms with van der Waals surface area (Å²) in [4.78, 5) is 4.56. The molecular weight excluding hydrogens is 392 g/mol.